The number of amides is 1. The van der Waals surface area contributed by atoms with Crippen molar-refractivity contribution in [1.29, 1.82) is 0 Å². The number of hydrogen-bond acceptors (Lipinski definition) is 3. The Labute approximate surface area is 89.5 Å². The van der Waals surface area contributed by atoms with Crippen LogP contribution in [0.15, 0.2) is 12.7 Å². The number of nitrogens with zero attached hydrogens (tertiary/aromatic N) is 1. The van der Waals surface area contributed by atoms with Crippen LogP contribution in [0.3, 0.4) is 0 Å². The minimum atomic E-state index is -0.286. The van der Waals surface area contributed by atoms with E-state index in [0.717, 1.165) is 19.3 Å². The highest BCUT2D eigenvalue weighted by Gasteiger charge is 2.51. The molecule has 4 heteroatoms. The zero-order valence-electron chi connectivity index (χ0n) is 8.82. The largest absolute Gasteiger partial charge is 0.445 e. The van der Waals surface area contributed by atoms with Gasteiger partial charge in [-0.15, -0.1) is 0 Å². The Bertz CT molecular complexity index is 279. The number of rotatable bonds is 2. The molecule has 84 valence electrons. The summed E-state index contributed by atoms with van der Waals surface area (Å²) in [4.78, 5) is 13.2. The number of likely N-dealkylation sites (tertiary alicyclic amines) is 1. The maximum Gasteiger partial charge on any atom is 0.410 e. The average Bonchev–Trinajstić information content (AvgIpc) is 2.71. The number of carbonyl (C=O) groups excluding carboxylic acids is 1. The Kier molecular flexibility index (Phi) is 2.69. The van der Waals surface area contributed by atoms with E-state index in [0.29, 0.717) is 13.1 Å². The Morgan fingerprint density at radius 1 is 1.67 bits per heavy atom. The zero-order valence-corrected chi connectivity index (χ0v) is 8.82. The summed E-state index contributed by atoms with van der Waals surface area (Å²) < 4.78 is 4.96. The van der Waals surface area contributed by atoms with Gasteiger partial charge >= 0.3 is 6.09 Å². The third-order valence-electron chi connectivity index (χ3n) is 3.59. The number of ether oxygens (including phenoxy) is 1. The van der Waals surface area contributed by atoms with Crippen LogP contribution < -0.4 is 0 Å². The molecule has 2 rings (SSSR count). The second-order valence-corrected chi connectivity index (χ2v) is 4.45. The molecule has 0 aromatic rings. The minimum Gasteiger partial charge on any atom is -0.445 e. The van der Waals surface area contributed by atoms with Gasteiger partial charge in [0.25, 0.3) is 0 Å². The average molecular weight is 211 g/mol. The monoisotopic (exact) mass is 211 g/mol. The summed E-state index contributed by atoms with van der Waals surface area (Å²) in [5.74, 6) is 0. The van der Waals surface area contributed by atoms with Gasteiger partial charge < -0.3 is 14.7 Å². The second-order valence-electron chi connectivity index (χ2n) is 4.45. The molecule has 1 saturated heterocycles. The number of aliphatic hydroxyl groups excluding tert-OH is 1. The van der Waals surface area contributed by atoms with E-state index < -0.39 is 0 Å². The van der Waals surface area contributed by atoms with E-state index >= 15 is 0 Å². The van der Waals surface area contributed by atoms with Crippen LogP contribution in [0.1, 0.15) is 19.3 Å². The Morgan fingerprint density at radius 2 is 2.47 bits per heavy atom. The quantitative estimate of drug-likeness (QED) is 0.697. The van der Waals surface area contributed by atoms with E-state index in [1.165, 1.54) is 0 Å². The third kappa shape index (κ3) is 1.74. The van der Waals surface area contributed by atoms with Crippen LogP contribution in [0.25, 0.3) is 0 Å². The van der Waals surface area contributed by atoms with Crippen LogP contribution >= 0.6 is 0 Å². The predicted octanol–water partition coefficient (Wildman–Crippen LogP) is 1.16. The lowest BCUT2D eigenvalue weighted by molar-refractivity contribution is -0.0558. The fraction of sp³-hybridized carbons (Fsp3) is 0.727. The summed E-state index contributed by atoms with van der Waals surface area (Å²) in [6.07, 6.45) is 3.84. The standard InChI is InChI=1S/C11H17NO3/c1-2-7-15-10(14)12-6-5-11(8-12)4-3-9(11)13/h2,9,13H,1,3-8H2. The minimum absolute atomic E-state index is 0.0206. The summed E-state index contributed by atoms with van der Waals surface area (Å²) in [5.41, 5.74) is -0.0206. The lowest BCUT2D eigenvalue weighted by Gasteiger charge is -2.43. The first-order valence-corrected chi connectivity index (χ1v) is 5.39. The van der Waals surface area contributed by atoms with Crippen LogP contribution in [-0.2, 0) is 4.74 Å². The smallest absolute Gasteiger partial charge is 0.410 e. The van der Waals surface area contributed by atoms with Crippen molar-refractivity contribution in [2.75, 3.05) is 19.7 Å². The predicted molar refractivity (Wildman–Crippen MR) is 55.4 cm³/mol. The topological polar surface area (TPSA) is 49.8 Å². The Hall–Kier alpha value is -1.03. The summed E-state index contributed by atoms with van der Waals surface area (Å²) in [6, 6.07) is 0. The fourth-order valence-electron chi connectivity index (χ4n) is 2.43. The summed E-state index contributed by atoms with van der Waals surface area (Å²) in [5, 5.41) is 9.68. The third-order valence-corrected chi connectivity index (χ3v) is 3.59. The molecule has 1 N–H and O–H groups in total. The van der Waals surface area contributed by atoms with E-state index in [-0.39, 0.29) is 24.2 Å². The molecule has 1 amide bonds. The van der Waals surface area contributed by atoms with Gasteiger partial charge in [0.1, 0.15) is 6.61 Å². The molecular weight excluding hydrogens is 194 g/mol. The van der Waals surface area contributed by atoms with Gasteiger partial charge in [0.05, 0.1) is 6.10 Å². The van der Waals surface area contributed by atoms with Crippen molar-refractivity contribution < 1.29 is 14.6 Å². The second kappa shape index (κ2) is 3.85. The van der Waals surface area contributed by atoms with E-state index in [4.69, 9.17) is 4.74 Å². The molecule has 2 unspecified atom stereocenters. The van der Waals surface area contributed by atoms with Crippen molar-refractivity contribution >= 4 is 6.09 Å². The van der Waals surface area contributed by atoms with Crippen LogP contribution in [0.4, 0.5) is 4.79 Å². The molecule has 2 atom stereocenters. The van der Waals surface area contributed by atoms with Crippen LogP contribution in [-0.4, -0.2) is 41.9 Å². The number of aliphatic hydroxyl groups is 1. The molecular formula is C11H17NO3. The first-order valence-electron chi connectivity index (χ1n) is 5.39. The summed E-state index contributed by atoms with van der Waals surface area (Å²) in [6.45, 7) is 5.09. The van der Waals surface area contributed by atoms with Crippen LogP contribution in [0.5, 0.6) is 0 Å². The van der Waals surface area contributed by atoms with Gasteiger partial charge in [-0.1, -0.05) is 12.7 Å². The maximum atomic E-state index is 11.5. The molecule has 0 aromatic carbocycles. The normalized spacial score (nSPS) is 33.9. The van der Waals surface area contributed by atoms with E-state index in [9.17, 15) is 9.90 Å². The molecule has 1 aliphatic heterocycles. The van der Waals surface area contributed by atoms with Crippen molar-refractivity contribution in [3.05, 3.63) is 12.7 Å². The summed E-state index contributed by atoms with van der Waals surface area (Å²) in [7, 11) is 0. The van der Waals surface area contributed by atoms with Gasteiger partial charge in [0, 0.05) is 18.5 Å². The molecule has 1 aliphatic carbocycles. The highest BCUT2D eigenvalue weighted by Crippen LogP contribution is 2.48. The van der Waals surface area contributed by atoms with Gasteiger partial charge in [-0.05, 0) is 19.3 Å². The highest BCUT2D eigenvalue weighted by molar-refractivity contribution is 5.68. The zero-order chi connectivity index (χ0) is 10.9. The van der Waals surface area contributed by atoms with Gasteiger partial charge in [-0.3, -0.25) is 0 Å². The molecule has 1 heterocycles. The molecule has 1 spiro atoms. The lowest BCUT2D eigenvalue weighted by atomic mass is 9.66. The maximum absolute atomic E-state index is 11.5. The van der Waals surface area contributed by atoms with Gasteiger partial charge in [0.2, 0.25) is 0 Å². The van der Waals surface area contributed by atoms with Crippen molar-refractivity contribution in [2.24, 2.45) is 5.41 Å². The molecule has 0 aromatic heterocycles. The molecule has 15 heavy (non-hydrogen) atoms. The molecule has 0 bridgehead atoms. The van der Waals surface area contributed by atoms with Crippen molar-refractivity contribution in [1.82, 2.24) is 4.90 Å². The van der Waals surface area contributed by atoms with Crippen molar-refractivity contribution in [2.45, 2.75) is 25.4 Å². The fourth-order valence-corrected chi connectivity index (χ4v) is 2.43. The van der Waals surface area contributed by atoms with E-state index in [2.05, 4.69) is 6.58 Å². The lowest BCUT2D eigenvalue weighted by Crippen LogP contribution is -2.47. The van der Waals surface area contributed by atoms with Gasteiger partial charge in [-0.25, -0.2) is 4.79 Å². The van der Waals surface area contributed by atoms with Crippen molar-refractivity contribution in [3.8, 4) is 0 Å². The van der Waals surface area contributed by atoms with E-state index in [1.54, 1.807) is 11.0 Å². The van der Waals surface area contributed by atoms with Gasteiger partial charge in [0.15, 0.2) is 0 Å². The number of carbonyl (C=O) groups is 1. The molecule has 2 aliphatic rings. The molecule has 2 fully saturated rings. The molecule has 1 saturated carbocycles. The van der Waals surface area contributed by atoms with Crippen LogP contribution in [0, 0.1) is 5.41 Å². The molecule has 0 radical (unpaired) electrons. The van der Waals surface area contributed by atoms with Crippen LogP contribution in [0.2, 0.25) is 0 Å². The highest BCUT2D eigenvalue weighted by atomic mass is 16.6. The summed E-state index contributed by atoms with van der Waals surface area (Å²) >= 11 is 0. The first kappa shape index (κ1) is 10.5. The Morgan fingerprint density at radius 3 is 2.93 bits per heavy atom. The van der Waals surface area contributed by atoms with Gasteiger partial charge in [-0.2, -0.15) is 0 Å². The number of hydrogen-bond donors (Lipinski definition) is 1. The Balaban J connectivity index is 1.87. The first-order chi connectivity index (χ1) is 7.18. The van der Waals surface area contributed by atoms with Crippen molar-refractivity contribution in [3.63, 3.8) is 0 Å². The van der Waals surface area contributed by atoms with E-state index in [1.807, 2.05) is 0 Å². The SMILES string of the molecule is C=CCOC(=O)N1CCC2(CCC2O)C1. The molecule has 4 nitrogen and oxygen atoms in total.